The first-order valence-electron chi connectivity index (χ1n) is 20.2. The van der Waals surface area contributed by atoms with Crippen LogP contribution in [0.3, 0.4) is 0 Å². The molecule has 5 rings (SSSR count). The maximum Gasteiger partial charge on any atom is 0.333 e. The van der Waals surface area contributed by atoms with Crippen molar-refractivity contribution in [2.75, 3.05) is 13.2 Å². The van der Waals surface area contributed by atoms with Crippen LogP contribution in [0.1, 0.15) is 143 Å². The molecule has 9 heteroatoms. The minimum absolute atomic E-state index is 0. The van der Waals surface area contributed by atoms with Gasteiger partial charge in [-0.3, -0.25) is 0 Å². The minimum atomic E-state index is -1.31. The van der Waals surface area contributed by atoms with Gasteiger partial charge in [0.2, 0.25) is 0 Å². The molecule has 0 bridgehead atoms. The quantitative estimate of drug-likeness (QED) is 0.0954. The highest BCUT2D eigenvalue weighted by Gasteiger charge is 2.73. The summed E-state index contributed by atoms with van der Waals surface area (Å²) in [6.45, 7) is 23.5. The summed E-state index contributed by atoms with van der Waals surface area (Å²) in [6, 6.07) is 0. The van der Waals surface area contributed by atoms with Gasteiger partial charge in [-0.1, -0.05) is 86.3 Å². The largest absolute Gasteiger partial charge is 0.462 e. The van der Waals surface area contributed by atoms with Crippen molar-refractivity contribution in [1.29, 1.82) is 0 Å². The van der Waals surface area contributed by atoms with Gasteiger partial charge in [-0.15, -0.1) is 0 Å². The van der Waals surface area contributed by atoms with Gasteiger partial charge in [0.1, 0.15) is 18.8 Å². The van der Waals surface area contributed by atoms with Gasteiger partial charge in [-0.2, -0.15) is 0 Å². The molecule has 0 aromatic rings. The molecule has 9 nitrogen and oxygen atoms in total. The molecule has 56 heavy (non-hydrogen) atoms. The van der Waals surface area contributed by atoms with E-state index in [0.29, 0.717) is 36.0 Å². The van der Waals surface area contributed by atoms with Crippen LogP contribution in [0.15, 0.2) is 46.6 Å². The Hall–Kier alpha value is -2.75. The third-order valence-electron chi connectivity index (χ3n) is 16.3. The second kappa shape index (κ2) is 16.5. The van der Waals surface area contributed by atoms with Crippen LogP contribution in [0.25, 0.3) is 0 Å². The van der Waals surface area contributed by atoms with Crippen LogP contribution < -0.4 is 0 Å². The predicted octanol–water partition coefficient (Wildman–Crippen LogP) is 8.85. The first kappa shape index (κ1) is 47.6. The number of hydrogen-bond donors (Lipinski definition) is 3. The molecule has 3 N–H and O–H groups in total. The number of aliphatic hydroxyl groups is 3. The van der Waals surface area contributed by atoms with Crippen molar-refractivity contribution in [1.82, 2.24) is 0 Å². The molecule has 0 amide bonds. The highest BCUT2D eigenvalue weighted by atomic mass is 16.6. The van der Waals surface area contributed by atoms with Crippen molar-refractivity contribution in [3.05, 3.63) is 46.6 Å². The second-order valence-electron chi connectivity index (χ2n) is 19.3. The zero-order chi connectivity index (χ0) is 40.4. The van der Waals surface area contributed by atoms with E-state index in [9.17, 15) is 29.7 Å². The number of fused-ring (bicyclic) bond motifs is 7. The van der Waals surface area contributed by atoms with E-state index in [1.807, 2.05) is 20.8 Å². The first-order chi connectivity index (χ1) is 25.0. The Kier molecular flexibility index (Phi) is 14.0. The van der Waals surface area contributed by atoms with E-state index < -0.39 is 58.0 Å². The molecule has 12 atom stereocenters. The summed E-state index contributed by atoms with van der Waals surface area (Å²) in [5.74, 6) is -1.41. The lowest BCUT2D eigenvalue weighted by Crippen LogP contribution is -2.72. The molecule has 0 radical (unpaired) electrons. The van der Waals surface area contributed by atoms with Crippen molar-refractivity contribution >= 4 is 17.9 Å². The van der Waals surface area contributed by atoms with Gasteiger partial charge >= 0.3 is 17.9 Å². The molecule has 5 aliphatic carbocycles. The minimum Gasteiger partial charge on any atom is -0.462 e. The molecule has 0 spiro atoms. The first-order valence-corrected chi connectivity index (χ1v) is 20.2. The maximum atomic E-state index is 13.2. The number of rotatable bonds is 8. The van der Waals surface area contributed by atoms with E-state index in [1.165, 1.54) is 5.57 Å². The fourth-order valence-electron chi connectivity index (χ4n) is 12.3. The number of carbonyl (C=O) groups excluding carboxylic acids is 3. The van der Waals surface area contributed by atoms with Gasteiger partial charge in [-0.05, 0) is 120 Å². The highest BCUT2D eigenvalue weighted by molar-refractivity contribution is 5.88. The number of aliphatic hydroxyl groups excluding tert-OH is 3. The highest BCUT2D eigenvalue weighted by Crippen LogP contribution is 2.76. The SMILES string of the molecule is C.C.C/C=C(\C)C(=O)OC[C@@]12C(CC(C)(C)[C@@H](OC(=O)/C(C)=C/C)[C@@H]1O)C1=CCC3[C@@]4(C)CC[C@H](O)[C@](C)(COC(=O)/C(C)=C/C)C4CC[C@@]3(C)[C@]1(C)C[C@H]2O. The van der Waals surface area contributed by atoms with Crippen LogP contribution >= 0.6 is 0 Å². The molecule has 4 saturated carbocycles. The van der Waals surface area contributed by atoms with Crippen LogP contribution in [0.4, 0.5) is 0 Å². The molecule has 5 aliphatic rings. The summed E-state index contributed by atoms with van der Waals surface area (Å²) in [5, 5.41) is 36.8. The van der Waals surface area contributed by atoms with Crippen LogP contribution in [0.2, 0.25) is 0 Å². The Balaban J connectivity index is 0.00000420. The Bertz CT molecular complexity index is 1640. The van der Waals surface area contributed by atoms with Crippen LogP contribution in [0.5, 0.6) is 0 Å². The molecule has 3 unspecified atom stereocenters. The molecule has 0 aliphatic heterocycles. The van der Waals surface area contributed by atoms with Gasteiger partial charge in [0.05, 0.1) is 24.2 Å². The summed E-state index contributed by atoms with van der Waals surface area (Å²) in [4.78, 5) is 39.2. The van der Waals surface area contributed by atoms with Gasteiger partial charge in [-0.25, -0.2) is 14.4 Å². The third-order valence-corrected chi connectivity index (χ3v) is 16.3. The van der Waals surface area contributed by atoms with Crippen molar-refractivity contribution < 1.29 is 43.9 Å². The molecule has 4 fully saturated rings. The predicted molar refractivity (Wildman–Crippen MR) is 221 cm³/mol. The summed E-state index contributed by atoms with van der Waals surface area (Å²) in [6.07, 6.45) is 8.32. The zero-order valence-electron chi connectivity index (χ0n) is 35.0. The summed E-state index contributed by atoms with van der Waals surface area (Å²) in [5.41, 5.74) is -0.912. The zero-order valence-corrected chi connectivity index (χ0v) is 35.0. The lowest BCUT2D eigenvalue weighted by atomic mass is 9.33. The Morgan fingerprint density at radius 3 is 1.82 bits per heavy atom. The molecule has 0 heterocycles. The van der Waals surface area contributed by atoms with E-state index in [2.05, 4.69) is 33.8 Å². The van der Waals surface area contributed by atoms with Crippen LogP contribution in [-0.4, -0.2) is 70.9 Å². The lowest BCUT2D eigenvalue weighted by Gasteiger charge is -2.72. The standard InChI is InChI=1S/C45H68O9.2CH4/c1-13-26(4)37(49)52-24-42(10)31-18-21-43(11)32(41(31,9)20-19-33(42)46)17-16-29-30-22-40(7,8)36(54-39(51)28(6)15-3)35(48)45(30,34(47)23-44(29,43)12)25-53-38(50)27(5)14-2;;/h13-16,30-36,46-48H,17-25H2,1-12H3;2*1H4/b26-13+,27-14+,28-15+;;/t30?,31?,32?,33-,34+,35-,36-,41-,42+,43+,44+,45-;;/m0../s1. The summed E-state index contributed by atoms with van der Waals surface area (Å²) >= 11 is 0. The van der Waals surface area contributed by atoms with Gasteiger partial charge in [0.15, 0.2) is 0 Å². The number of esters is 3. The Morgan fingerprint density at radius 2 is 1.27 bits per heavy atom. The van der Waals surface area contributed by atoms with Gasteiger partial charge < -0.3 is 29.5 Å². The maximum absolute atomic E-state index is 13.2. The molecule has 0 aromatic carbocycles. The second-order valence-corrected chi connectivity index (χ2v) is 19.3. The van der Waals surface area contributed by atoms with E-state index >= 15 is 0 Å². The topological polar surface area (TPSA) is 140 Å². The summed E-state index contributed by atoms with van der Waals surface area (Å²) < 4.78 is 18.0. The number of hydrogen-bond acceptors (Lipinski definition) is 9. The van der Waals surface area contributed by atoms with Crippen LogP contribution in [0, 0.1) is 50.2 Å². The number of carbonyl (C=O) groups is 3. The normalized spacial score (nSPS) is 41.8. The molecule has 0 aromatic heterocycles. The fourth-order valence-corrected chi connectivity index (χ4v) is 12.3. The molecular weight excluding hydrogens is 709 g/mol. The van der Waals surface area contributed by atoms with Crippen molar-refractivity contribution in [2.45, 2.75) is 167 Å². The lowest BCUT2D eigenvalue weighted by molar-refractivity contribution is -0.264. The smallest absolute Gasteiger partial charge is 0.333 e. The van der Waals surface area contributed by atoms with Gasteiger partial charge in [0, 0.05) is 27.5 Å². The number of ether oxygens (including phenoxy) is 3. The third kappa shape index (κ3) is 7.07. The Labute approximate surface area is 338 Å². The van der Waals surface area contributed by atoms with Crippen LogP contribution in [-0.2, 0) is 28.6 Å². The van der Waals surface area contributed by atoms with Gasteiger partial charge in [0.25, 0.3) is 0 Å². The van der Waals surface area contributed by atoms with Crippen molar-refractivity contribution in [3.63, 3.8) is 0 Å². The fraction of sp³-hybridized carbons (Fsp3) is 0.766. The van der Waals surface area contributed by atoms with E-state index in [0.717, 1.165) is 25.7 Å². The average Bonchev–Trinajstić information content (AvgIpc) is 3.12. The van der Waals surface area contributed by atoms with E-state index in [4.69, 9.17) is 14.2 Å². The summed E-state index contributed by atoms with van der Waals surface area (Å²) in [7, 11) is 0. The van der Waals surface area contributed by atoms with E-state index in [-0.39, 0.29) is 62.6 Å². The number of allylic oxidation sites excluding steroid dienone is 5. The molecule has 318 valence electrons. The van der Waals surface area contributed by atoms with Crippen molar-refractivity contribution in [2.24, 2.45) is 50.2 Å². The van der Waals surface area contributed by atoms with E-state index in [1.54, 1.807) is 52.8 Å². The van der Waals surface area contributed by atoms with Crippen molar-refractivity contribution in [3.8, 4) is 0 Å². The average molecular weight is 785 g/mol. The monoisotopic (exact) mass is 785 g/mol. The molecule has 0 saturated heterocycles. The molecular formula is C47H76O9. The Morgan fingerprint density at radius 1 is 0.732 bits per heavy atom.